The first-order valence-electron chi connectivity index (χ1n) is 3.31. The van der Waals surface area contributed by atoms with E-state index in [1.807, 2.05) is 0 Å². The number of hydrogen-bond acceptors (Lipinski definition) is 3. The molecule has 0 fully saturated rings. The van der Waals surface area contributed by atoms with Gasteiger partial charge in [-0.25, -0.2) is 0 Å². The lowest BCUT2D eigenvalue weighted by atomic mass is 10.2. The Bertz CT molecular complexity index is 436. The van der Waals surface area contributed by atoms with Crippen LogP contribution >= 0.6 is 15.9 Å². The minimum Gasteiger partial charge on any atom is -0.355 e. The Balaban J connectivity index is 2.86. The van der Waals surface area contributed by atoms with Gasteiger partial charge in [0.1, 0.15) is 0 Å². The lowest BCUT2D eigenvalue weighted by molar-refractivity contribution is 0.112. The van der Waals surface area contributed by atoms with Gasteiger partial charge in [-0.2, -0.15) is 0 Å². The smallest absolute Gasteiger partial charge is 0.181 e. The zero-order valence-electron chi connectivity index (χ0n) is 5.95. The van der Waals surface area contributed by atoms with Gasteiger partial charge < -0.3 is 4.52 Å². The molecule has 0 aliphatic rings. The fourth-order valence-corrected chi connectivity index (χ4v) is 1.53. The highest BCUT2D eigenvalue weighted by atomic mass is 79.9. The fourth-order valence-electron chi connectivity index (χ4n) is 1.01. The molecule has 0 saturated carbocycles. The molecule has 3 nitrogen and oxygen atoms in total. The number of rotatable bonds is 1. The van der Waals surface area contributed by atoms with Gasteiger partial charge in [-0.05, 0) is 28.1 Å². The van der Waals surface area contributed by atoms with Crippen molar-refractivity contribution >= 4 is 33.2 Å². The van der Waals surface area contributed by atoms with E-state index in [1.165, 1.54) is 0 Å². The van der Waals surface area contributed by atoms with Crippen molar-refractivity contribution in [1.29, 1.82) is 0 Å². The Labute approximate surface area is 76.5 Å². The van der Waals surface area contributed by atoms with Crippen LogP contribution in [0.5, 0.6) is 0 Å². The standard InChI is InChI=1S/C8H4BrNO2/c9-7-6(4-11)2-1-5-3-10-12-8(5)7/h1-4H. The number of carbonyl (C=O) groups excluding carboxylic acids is 1. The van der Waals surface area contributed by atoms with Crippen molar-refractivity contribution in [2.75, 3.05) is 0 Å². The molecule has 1 aromatic heterocycles. The third-order valence-corrected chi connectivity index (χ3v) is 2.44. The maximum absolute atomic E-state index is 10.5. The summed E-state index contributed by atoms with van der Waals surface area (Å²) in [4.78, 5) is 10.5. The molecule has 0 atom stereocenters. The predicted molar refractivity (Wildman–Crippen MR) is 47.1 cm³/mol. The summed E-state index contributed by atoms with van der Waals surface area (Å²) >= 11 is 3.26. The first kappa shape index (κ1) is 7.49. The van der Waals surface area contributed by atoms with Crippen LogP contribution in [0.2, 0.25) is 0 Å². The second-order valence-electron chi connectivity index (χ2n) is 2.33. The Kier molecular flexibility index (Phi) is 1.69. The van der Waals surface area contributed by atoms with E-state index in [-0.39, 0.29) is 0 Å². The third-order valence-electron chi connectivity index (χ3n) is 1.62. The van der Waals surface area contributed by atoms with Crippen LogP contribution in [0.3, 0.4) is 0 Å². The monoisotopic (exact) mass is 225 g/mol. The molecule has 0 unspecified atom stereocenters. The van der Waals surface area contributed by atoms with Crippen LogP contribution in [0.15, 0.2) is 27.3 Å². The van der Waals surface area contributed by atoms with Crippen LogP contribution in [-0.4, -0.2) is 11.4 Å². The molecule has 1 heterocycles. The highest BCUT2D eigenvalue weighted by Gasteiger charge is 2.07. The molecule has 4 heteroatoms. The number of nitrogens with zero attached hydrogens (tertiary/aromatic N) is 1. The van der Waals surface area contributed by atoms with Gasteiger partial charge in [0, 0.05) is 10.9 Å². The van der Waals surface area contributed by atoms with Gasteiger partial charge in [0.2, 0.25) is 0 Å². The number of aldehydes is 1. The number of hydrogen-bond donors (Lipinski definition) is 0. The summed E-state index contributed by atoms with van der Waals surface area (Å²) in [6, 6.07) is 3.51. The van der Waals surface area contributed by atoms with E-state index in [0.717, 1.165) is 11.7 Å². The Morgan fingerprint density at radius 1 is 1.50 bits per heavy atom. The van der Waals surface area contributed by atoms with E-state index in [0.29, 0.717) is 15.6 Å². The minimum absolute atomic E-state index is 0.569. The highest BCUT2D eigenvalue weighted by molar-refractivity contribution is 9.10. The van der Waals surface area contributed by atoms with Crippen molar-refractivity contribution in [2.24, 2.45) is 0 Å². The second kappa shape index (κ2) is 2.71. The topological polar surface area (TPSA) is 43.1 Å². The van der Waals surface area contributed by atoms with Gasteiger partial charge in [-0.15, -0.1) is 0 Å². The zero-order valence-corrected chi connectivity index (χ0v) is 7.54. The van der Waals surface area contributed by atoms with E-state index < -0.39 is 0 Å². The Hall–Kier alpha value is -1.16. The SMILES string of the molecule is O=Cc1ccc2cnoc2c1Br. The molecule has 2 aromatic rings. The predicted octanol–water partition coefficient (Wildman–Crippen LogP) is 2.40. The molecule has 12 heavy (non-hydrogen) atoms. The van der Waals surface area contributed by atoms with Crippen molar-refractivity contribution in [2.45, 2.75) is 0 Å². The Morgan fingerprint density at radius 3 is 3.08 bits per heavy atom. The number of benzene rings is 1. The average molecular weight is 226 g/mol. The molecule has 0 aliphatic carbocycles. The van der Waals surface area contributed by atoms with Crippen molar-refractivity contribution in [1.82, 2.24) is 5.16 Å². The molecule has 0 bridgehead atoms. The maximum atomic E-state index is 10.5. The van der Waals surface area contributed by atoms with E-state index in [4.69, 9.17) is 4.52 Å². The number of fused-ring (bicyclic) bond motifs is 1. The summed E-state index contributed by atoms with van der Waals surface area (Å²) in [7, 11) is 0. The maximum Gasteiger partial charge on any atom is 0.181 e. The lowest BCUT2D eigenvalue weighted by Gasteiger charge is -1.93. The van der Waals surface area contributed by atoms with Gasteiger partial charge in [0.25, 0.3) is 0 Å². The van der Waals surface area contributed by atoms with Gasteiger partial charge in [0.05, 0.1) is 10.7 Å². The molecule has 0 aliphatic heterocycles. The third kappa shape index (κ3) is 0.956. The van der Waals surface area contributed by atoms with Gasteiger partial charge in [-0.3, -0.25) is 4.79 Å². The molecule has 2 rings (SSSR count). The van der Waals surface area contributed by atoms with Crippen molar-refractivity contribution in [3.8, 4) is 0 Å². The molecule has 0 amide bonds. The van der Waals surface area contributed by atoms with Crippen LogP contribution in [0.25, 0.3) is 11.0 Å². The number of halogens is 1. The van der Waals surface area contributed by atoms with E-state index in [2.05, 4.69) is 21.1 Å². The van der Waals surface area contributed by atoms with Crippen LogP contribution in [-0.2, 0) is 0 Å². The number of aromatic nitrogens is 1. The minimum atomic E-state index is 0.569. The van der Waals surface area contributed by atoms with E-state index in [1.54, 1.807) is 18.3 Å². The summed E-state index contributed by atoms with van der Waals surface area (Å²) in [5.41, 5.74) is 1.18. The molecule has 0 saturated heterocycles. The highest BCUT2D eigenvalue weighted by Crippen LogP contribution is 2.26. The summed E-state index contributed by atoms with van der Waals surface area (Å²) in [5, 5.41) is 4.50. The molecule has 0 N–H and O–H groups in total. The summed E-state index contributed by atoms with van der Waals surface area (Å²) in [5.74, 6) is 0. The molecular formula is C8H4BrNO2. The van der Waals surface area contributed by atoms with Crippen molar-refractivity contribution in [3.05, 3.63) is 28.4 Å². The van der Waals surface area contributed by atoms with E-state index in [9.17, 15) is 4.79 Å². The van der Waals surface area contributed by atoms with Crippen LogP contribution < -0.4 is 0 Å². The Morgan fingerprint density at radius 2 is 2.33 bits per heavy atom. The first-order valence-corrected chi connectivity index (χ1v) is 4.10. The molecule has 0 radical (unpaired) electrons. The first-order chi connectivity index (χ1) is 5.83. The van der Waals surface area contributed by atoms with Gasteiger partial charge in [0.15, 0.2) is 11.9 Å². The summed E-state index contributed by atoms with van der Waals surface area (Å²) in [6.07, 6.45) is 2.38. The van der Waals surface area contributed by atoms with Crippen LogP contribution in [0.4, 0.5) is 0 Å². The lowest BCUT2D eigenvalue weighted by Crippen LogP contribution is -1.80. The van der Waals surface area contributed by atoms with Gasteiger partial charge in [-0.1, -0.05) is 5.16 Å². The molecule has 1 aromatic carbocycles. The van der Waals surface area contributed by atoms with Gasteiger partial charge >= 0.3 is 0 Å². The molecule has 60 valence electrons. The zero-order chi connectivity index (χ0) is 8.55. The van der Waals surface area contributed by atoms with Crippen LogP contribution in [0.1, 0.15) is 10.4 Å². The van der Waals surface area contributed by atoms with E-state index >= 15 is 0 Å². The molecular weight excluding hydrogens is 222 g/mol. The quantitative estimate of drug-likeness (QED) is 0.701. The van der Waals surface area contributed by atoms with Crippen molar-refractivity contribution < 1.29 is 9.32 Å². The molecule has 0 spiro atoms. The largest absolute Gasteiger partial charge is 0.355 e. The fraction of sp³-hybridized carbons (Fsp3) is 0. The summed E-state index contributed by atoms with van der Waals surface area (Å²) in [6.45, 7) is 0. The second-order valence-corrected chi connectivity index (χ2v) is 3.12. The number of carbonyl (C=O) groups is 1. The summed E-state index contributed by atoms with van der Waals surface area (Å²) < 4.78 is 5.60. The average Bonchev–Trinajstić information content (AvgIpc) is 2.53. The van der Waals surface area contributed by atoms with Crippen molar-refractivity contribution in [3.63, 3.8) is 0 Å². The normalized spacial score (nSPS) is 10.4. The van der Waals surface area contributed by atoms with Crippen LogP contribution in [0, 0.1) is 0 Å².